The number of nitrogens with zero attached hydrogens (tertiary/aromatic N) is 1. The van der Waals surface area contributed by atoms with Crippen LogP contribution in [-0.2, 0) is 14.3 Å². The number of ether oxygens (including phenoxy) is 1. The molecule has 0 spiro atoms. The average Bonchev–Trinajstić information content (AvgIpc) is 2.90. The fourth-order valence-corrected chi connectivity index (χ4v) is 4.42. The zero-order valence-corrected chi connectivity index (χ0v) is 23.3. The van der Waals surface area contributed by atoms with Crippen LogP contribution in [0.2, 0.25) is 0 Å². The molecule has 0 aromatic rings. The Morgan fingerprint density at radius 3 is 1.77 bits per heavy atom. The summed E-state index contributed by atoms with van der Waals surface area (Å²) in [6, 6.07) is 0. The molecule has 1 atom stereocenters. The van der Waals surface area contributed by atoms with Crippen LogP contribution in [0.4, 0.5) is 0 Å². The Bertz CT molecular complexity index is 533. The normalized spacial score (nSPS) is 17.9. The molecule has 0 aliphatic carbocycles. The van der Waals surface area contributed by atoms with Gasteiger partial charge in [0.15, 0.2) is 0 Å². The van der Waals surface area contributed by atoms with Crippen molar-refractivity contribution in [3.63, 3.8) is 0 Å². The van der Waals surface area contributed by atoms with E-state index in [4.69, 9.17) is 4.74 Å². The van der Waals surface area contributed by atoms with Crippen LogP contribution in [0.3, 0.4) is 0 Å². The number of amides is 2. The molecule has 0 aromatic carbocycles. The summed E-state index contributed by atoms with van der Waals surface area (Å²) in [5, 5.41) is -0.281. The minimum absolute atomic E-state index is 0.0473. The van der Waals surface area contributed by atoms with E-state index in [1.165, 1.54) is 4.90 Å². The molecule has 2 amide bonds. The third-order valence-corrected chi connectivity index (χ3v) is 7.41. The van der Waals surface area contributed by atoms with E-state index in [1.54, 1.807) is 11.8 Å². The number of imide groups is 1. The summed E-state index contributed by atoms with van der Waals surface area (Å²) < 4.78 is 6.11. The standard InChI is InChI=1S/C21H39NO3S.2C2H6/c1-11-19(5,6)21(9,10)25-13-12-20(7,8)26-15-14-16(23)22(17(15)24)18(2,3)4;2*1-2/h15H,11-14H2,1-10H3;2*1-2H3. The molecule has 0 bridgehead atoms. The van der Waals surface area contributed by atoms with E-state index < -0.39 is 5.54 Å². The van der Waals surface area contributed by atoms with Gasteiger partial charge in [0.05, 0.1) is 10.9 Å². The highest BCUT2D eigenvalue weighted by Gasteiger charge is 2.46. The Labute approximate surface area is 192 Å². The molecule has 0 aromatic heterocycles. The highest BCUT2D eigenvalue weighted by molar-refractivity contribution is 8.02. The van der Waals surface area contributed by atoms with Crippen molar-refractivity contribution >= 4 is 23.6 Å². The number of likely N-dealkylation sites (tertiary alicyclic amines) is 1. The quantitative estimate of drug-likeness (QED) is 0.374. The zero-order chi connectivity index (χ0) is 24.6. The Morgan fingerprint density at radius 1 is 0.933 bits per heavy atom. The van der Waals surface area contributed by atoms with Crippen LogP contribution in [0.25, 0.3) is 0 Å². The minimum Gasteiger partial charge on any atom is -0.375 e. The van der Waals surface area contributed by atoms with Gasteiger partial charge in [-0.15, -0.1) is 11.8 Å². The van der Waals surface area contributed by atoms with E-state index in [0.29, 0.717) is 13.0 Å². The predicted molar refractivity (Wildman–Crippen MR) is 133 cm³/mol. The van der Waals surface area contributed by atoms with Crippen LogP contribution in [-0.4, -0.2) is 44.5 Å². The van der Waals surface area contributed by atoms with Crippen molar-refractivity contribution in [1.82, 2.24) is 4.90 Å². The van der Waals surface area contributed by atoms with Crippen LogP contribution in [0.1, 0.15) is 116 Å². The molecule has 1 aliphatic heterocycles. The fraction of sp³-hybridized carbons (Fsp3) is 0.920. The highest BCUT2D eigenvalue weighted by atomic mass is 32.2. The monoisotopic (exact) mass is 445 g/mol. The molecule has 1 rings (SSSR count). The largest absolute Gasteiger partial charge is 0.375 e. The number of rotatable bonds is 8. The second kappa shape index (κ2) is 12.5. The van der Waals surface area contributed by atoms with Crippen molar-refractivity contribution in [3.8, 4) is 0 Å². The summed E-state index contributed by atoms with van der Waals surface area (Å²) >= 11 is 1.61. The van der Waals surface area contributed by atoms with Gasteiger partial charge in [-0.3, -0.25) is 14.5 Å². The second-order valence-electron chi connectivity index (χ2n) is 10.2. The smallest absolute Gasteiger partial charge is 0.243 e. The van der Waals surface area contributed by atoms with Crippen LogP contribution >= 0.6 is 11.8 Å². The molecular weight excluding hydrogens is 394 g/mol. The predicted octanol–water partition coefficient (Wildman–Crippen LogP) is 7.10. The van der Waals surface area contributed by atoms with Gasteiger partial charge in [0, 0.05) is 23.3 Å². The lowest BCUT2D eigenvalue weighted by molar-refractivity contribution is -0.143. The molecule has 180 valence electrons. The molecular formula is C25H51NO3S. The van der Waals surface area contributed by atoms with E-state index in [-0.39, 0.29) is 32.8 Å². The number of carbonyl (C=O) groups excluding carboxylic acids is 2. The minimum atomic E-state index is -0.452. The van der Waals surface area contributed by atoms with Crippen molar-refractivity contribution in [3.05, 3.63) is 0 Å². The van der Waals surface area contributed by atoms with Gasteiger partial charge in [-0.05, 0) is 52.9 Å². The van der Waals surface area contributed by atoms with Crippen molar-refractivity contribution in [2.45, 2.75) is 137 Å². The first-order chi connectivity index (χ1) is 13.5. The van der Waals surface area contributed by atoms with Gasteiger partial charge in [-0.25, -0.2) is 0 Å². The molecule has 5 heteroatoms. The van der Waals surface area contributed by atoms with E-state index >= 15 is 0 Å². The molecule has 1 heterocycles. The van der Waals surface area contributed by atoms with Gasteiger partial charge in [0.2, 0.25) is 11.8 Å². The van der Waals surface area contributed by atoms with E-state index in [9.17, 15) is 9.59 Å². The van der Waals surface area contributed by atoms with Gasteiger partial charge in [-0.2, -0.15) is 0 Å². The van der Waals surface area contributed by atoms with Crippen molar-refractivity contribution in [1.29, 1.82) is 0 Å². The molecule has 4 nitrogen and oxygen atoms in total. The maximum Gasteiger partial charge on any atom is 0.243 e. The molecule has 0 saturated carbocycles. The number of hydrogen-bond donors (Lipinski definition) is 0. The van der Waals surface area contributed by atoms with Gasteiger partial charge < -0.3 is 4.74 Å². The van der Waals surface area contributed by atoms with Gasteiger partial charge in [0.25, 0.3) is 0 Å². The Kier molecular flexibility index (Phi) is 13.2. The third kappa shape index (κ3) is 8.90. The first-order valence-electron chi connectivity index (χ1n) is 11.7. The van der Waals surface area contributed by atoms with Gasteiger partial charge in [-0.1, -0.05) is 62.3 Å². The summed E-state index contributed by atoms with van der Waals surface area (Å²) in [6.45, 7) is 29.6. The molecule has 1 fully saturated rings. The summed E-state index contributed by atoms with van der Waals surface area (Å²) in [5.41, 5.74) is -0.553. The van der Waals surface area contributed by atoms with Crippen LogP contribution in [0, 0.1) is 5.41 Å². The topological polar surface area (TPSA) is 46.6 Å². The Balaban J connectivity index is 0. The van der Waals surface area contributed by atoms with Crippen molar-refractivity contribution in [2.24, 2.45) is 5.41 Å². The lowest BCUT2D eigenvalue weighted by atomic mass is 9.75. The van der Waals surface area contributed by atoms with Crippen LogP contribution in [0.5, 0.6) is 0 Å². The molecule has 1 saturated heterocycles. The van der Waals surface area contributed by atoms with Crippen LogP contribution in [0.15, 0.2) is 0 Å². The molecule has 1 unspecified atom stereocenters. The lowest BCUT2D eigenvalue weighted by Gasteiger charge is -2.41. The van der Waals surface area contributed by atoms with Crippen LogP contribution < -0.4 is 0 Å². The van der Waals surface area contributed by atoms with Gasteiger partial charge in [0.1, 0.15) is 0 Å². The average molecular weight is 446 g/mol. The first-order valence-corrected chi connectivity index (χ1v) is 12.6. The summed E-state index contributed by atoms with van der Waals surface area (Å²) in [4.78, 5) is 26.4. The highest BCUT2D eigenvalue weighted by Crippen LogP contribution is 2.40. The summed E-state index contributed by atoms with van der Waals surface area (Å²) in [5.74, 6) is -0.105. The fourth-order valence-electron chi connectivity index (χ4n) is 3.02. The zero-order valence-electron chi connectivity index (χ0n) is 22.5. The maximum absolute atomic E-state index is 12.7. The number of hydrogen-bond acceptors (Lipinski definition) is 4. The Morgan fingerprint density at radius 2 is 1.40 bits per heavy atom. The molecule has 0 N–H and O–H groups in total. The van der Waals surface area contributed by atoms with E-state index in [2.05, 4.69) is 48.5 Å². The maximum atomic E-state index is 12.7. The molecule has 1 aliphatic rings. The molecule has 0 radical (unpaired) electrons. The number of thioether (sulfide) groups is 1. The summed E-state index contributed by atoms with van der Waals surface area (Å²) in [7, 11) is 0. The van der Waals surface area contributed by atoms with E-state index in [0.717, 1.165) is 12.8 Å². The first kappa shape index (κ1) is 31.6. The Hall–Kier alpha value is -0.550. The second-order valence-corrected chi connectivity index (χ2v) is 12.1. The lowest BCUT2D eigenvalue weighted by Crippen LogP contribution is -2.46. The third-order valence-electron chi connectivity index (χ3n) is 5.92. The van der Waals surface area contributed by atoms with Gasteiger partial charge >= 0.3 is 0 Å². The van der Waals surface area contributed by atoms with Crippen molar-refractivity contribution < 1.29 is 14.3 Å². The summed E-state index contributed by atoms with van der Waals surface area (Å²) in [6.07, 6.45) is 2.20. The molecule has 30 heavy (non-hydrogen) atoms. The SMILES string of the molecule is CC.CC.CCC(C)(C)C(C)(C)OCCC(C)(C)SC1CC(=O)N(C(C)(C)C)C1=O. The van der Waals surface area contributed by atoms with Crippen molar-refractivity contribution in [2.75, 3.05) is 6.61 Å². The van der Waals surface area contributed by atoms with E-state index in [1.807, 2.05) is 48.5 Å². The number of carbonyl (C=O) groups is 2.